The van der Waals surface area contributed by atoms with Crippen LogP contribution in [0.5, 0.6) is 0 Å². The topological polar surface area (TPSA) is 87.7 Å². The first-order valence-corrected chi connectivity index (χ1v) is 13.6. The second kappa shape index (κ2) is 12.9. The molecule has 2 aromatic carbocycles. The van der Waals surface area contributed by atoms with Crippen molar-refractivity contribution >= 4 is 17.9 Å². The molecule has 0 spiro atoms. The van der Waals surface area contributed by atoms with E-state index in [0.29, 0.717) is 13.0 Å². The van der Waals surface area contributed by atoms with Crippen LogP contribution in [0.3, 0.4) is 0 Å². The van der Waals surface area contributed by atoms with E-state index >= 15 is 0 Å². The van der Waals surface area contributed by atoms with Crippen molar-refractivity contribution in [3.8, 4) is 0 Å². The number of carbonyl (C=O) groups is 3. The fraction of sp³-hybridized carbons (Fsp3) is 0.516. The Morgan fingerprint density at radius 2 is 1.63 bits per heavy atom. The molecule has 2 aromatic rings. The van der Waals surface area contributed by atoms with Crippen LogP contribution in [0.15, 0.2) is 54.6 Å². The van der Waals surface area contributed by atoms with E-state index in [-0.39, 0.29) is 23.8 Å². The van der Waals surface area contributed by atoms with Crippen LogP contribution < -0.4 is 10.6 Å². The van der Waals surface area contributed by atoms with E-state index in [9.17, 15) is 14.4 Å². The van der Waals surface area contributed by atoms with Crippen LogP contribution in [0.2, 0.25) is 0 Å². The van der Waals surface area contributed by atoms with Crippen LogP contribution in [0.25, 0.3) is 0 Å². The van der Waals surface area contributed by atoms with E-state index in [1.54, 1.807) is 25.7 Å². The van der Waals surface area contributed by atoms with Gasteiger partial charge < -0.3 is 20.3 Å². The highest BCUT2D eigenvalue weighted by atomic mass is 16.6. The zero-order valence-electron chi connectivity index (χ0n) is 23.6. The Labute approximate surface area is 227 Å². The number of carbonyl (C=O) groups excluding carboxylic acids is 3. The molecule has 3 rings (SSSR count). The van der Waals surface area contributed by atoms with E-state index < -0.39 is 23.8 Å². The molecule has 1 aliphatic rings. The fourth-order valence-electron chi connectivity index (χ4n) is 4.70. The molecule has 0 bridgehead atoms. The number of hydrogen-bond acceptors (Lipinski definition) is 4. The van der Waals surface area contributed by atoms with Crippen molar-refractivity contribution in [1.82, 2.24) is 15.5 Å². The Balaban J connectivity index is 1.97. The lowest BCUT2D eigenvalue weighted by Gasteiger charge is -2.44. The summed E-state index contributed by atoms with van der Waals surface area (Å²) >= 11 is 0. The number of ether oxygens (including phenoxy) is 1. The maximum absolute atomic E-state index is 14.3. The summed E-state index contributed by atoms with van der Waals surface area (Å²) in [5.41, 5.74) is 2.02. The Hall–Kier alpha value is -3.35. The van der Waals surface area contributed by atoms with Gasteiger partial charge in [0.2, 0.25) is 11.8 Å². The average Bonchev–Trinajstić information content (AvgIpc) is 2.80. The molecule has 1 saturated carbocycles. The van der Waals surface area contributed by atoms with E-state index in [0.717, 1.165) is 36.0 Å². The summed E-state index contributed by atoms with van der Waals surface area (Å²) in [4.78, 5) is 42.7. The lowest BCUT2D eigenvalue weighted by Crippen LogP contribution is -2.57. The van der Waals surface area contributed by atoms with Gasteiger partial charge in [-0.1, -0.05) is 68.4 Å². The molecule has 7 heteroatoms. The minimum absolute atomic E-state index is 0.0790. The van der Waals surface area contributed by atoms with Crippen molar-refractivity contribution < 1.29 is 19.1 Å². The van der Waals surface area contributed by atoms with Crippen LogP contribution in [-0.4, -0.2) is 40.5 Å². The predicted octanol–water partition coefficient (Wildman–Crippen LogP) is 5.67. The first-order valence-electron chi connectivity index (χ1n) is 13.6. The van der Waals surface area contributed by atoms with Crippen molar-refractivity contribution in [3.05, 3.63) is 71.3 Å². The molecule has 0 heterocycles. The summed E-state index contributed by atoms with van der Waals surface area (Å²) in [5, 5.41) is 5.89. The maximum atomic E-state index is 14.3. The van der Waals surface area contributed by atoms with Crippen LogP contribution in [-0.2, 0) is 20.9 Å². The third kappa shape index (κ3) is 8.07. The molecule has 1 fully saturated rings. The smallest absolute Gasteiger partial charge is 0.408 e. The van der Waals surface area contributed by atoms with Gasteiger partial charge in [0, 0.05) is 12.6 Å². The highest BCUT2D eigenvalue weighted by molar-refractivity contribution is 5.92. The number of rotatable bonds is 10. The van der Waals surface area contributed by atoms with Crippen molar-refractivity contribution in [1.29, 1.82) is 0 Å². The van der Waals surface area contributed by atoms with E-state index in [4.69, 9.17) is 4.74 Å². The van der Waals surface area contributed by atoms with Crippen molar-refractivity contribution in [2.24, 2.45) is 5.92 Å². The zero-order chi connectivity index (χ0) is 27.9. The summed E-state index contributed by atoms with van der Waals surface area (Å²) in [6.07, 6.45) is 2.44. The molecule has 3 amide bonds. The number of aryl methyl sites for hydroxylation is 1. The van der Waals surface area contributed by atoms with Crippen LogP contribution in [0.1, 0.15) is 83.0 Å². The predicted molar refractivity (Wildman–Crippen MR) is 149 cm³/mol. The molecule has 0 aliphatic heterocycles. The Bertz CT molecular complexity index is 1090. The monoisotopic (exact) mass is 521 g/mol. The van der Waals surface area contributed by atoms with Gasteiger partial charge in [0.25, 0.3) is 0 Å². The number of alkyl carbamates (subject to hydrolysis) is 1. The first-order chi connectivity index (χ1) is 18.0. The van der Waals surface area contributed by atoms with Crippen molar-refractivity contribution in [2.45, 2.75) is 97.5 Å². The van der Waals surface area contributed by atoms with E-state index in [2.05, 4.69) is 10.6 Å². The molecule has 0 aromatic heterocycles. The van der Waals surface area contributed by atoms with Crippen LogP contribution in [0, 0.1) is 12.8 Å². The van der Waals surface area contributed by atoms with Gasteiger partial charge in [-0.05, 0) is 76.0 Å². The molecule has 1 aliphatic carbocycles. The summed E-state index contributed by atoms with van der Waals surface area (Å²) in [6, 6.07) is 15.7. The SMILES string of the molecule is Cc1ccccc1C(C(=O)NCc1ccccc1)N(C(=O)C(CC(C)C)NC(=O)OC(C)(C)C)C1CCC1. The Morgan fingerprint density at radius 1 is 1.00 bits per heavy atom. The zero-order valence-corrected chi connectivity index (χ0v) is 23.6. The number of amides is 3. The molecular weight excluding hydrogens is 478 g/mol. The highest BCUT2D eigenvalue weighted by Gasteiger charge is 2.42. The molecule has 0 saturated heterocycles. The van der Waals surface area contributed by atoms with Gasteiger partial charge in [-0.25, -0.2) is 4.79 Å². The third-order valence-electron chi connectivity index (χ3n) is 6.74. The van der Waals surface area contributed by atoms with Crippen molar-refractivity contribution in [2.75, 3.05) is 0 Å². The Kier molecular flexibility index (Phi) is 9.95. The lowest BCUT2D eigenvalue weighted by molar-refractivity contribution is -0.147. The van der Waals surface area contributed by atoms with Gasteiger partial charge in [0.15, 0.2) is 0 Å². The molecule has 206 valence electrons. The van der Waals surface area contributed by atoms with Gasteiger partial charge in [-0.15, -0.1) is 0 Å². The summed E-state index contributed by atoms with van der Waals surface area (Å²) in [7, 11) is 0. The largest absolute Gasteiger partial charge is 0.444 e. The van der Waals surface area contributed by atoms with Gasteiger partial charge in [-0.2, -0.15) is 0 Å². The molecule has 38 heavy (non-hydrogen) atoms. The van der Waals surface area contributed by atoms with Gasteiger partial charge in [0.1, 0.15) is 17.7 Å². The highest BCUT2D eigenvalue weighted by Crippen LogP contribution is 2.35. The maximum Gasteiger partial charge on any atom is 0.408 e. The number of benzene rings is 2. The van der Waals surface area contributed by atoms with Crippen LogP contribution in [0.4, 0.5) is 4.79 Å². The minimum Gasteiger partial charge on any atom is -0.444 e. The lowest BCUT2D eigenvalue weighted by atomic mass is 9.86. The summed E-state index contributed by atoms with van der Waals surface area (Å²) < 4.78 is 5.48. The average molecular weight is 522 g/mol. The van der Waals surface area contributed by atoms with E-state index in [1.165, 1.54) is 0 Å². The van der Waals surface area contributed by atoms with E-state index in [1.807, 2.05) is 75.4 Å². The van der Waals surface area contributed by atoms with Crippen molar-refractivity contribution in [3.63, 3.8) is 0 Å². The summed E-state index contributed by atoms with van der Waals surface area (Å²) in [6.45, 7) is 11.7. The third-order valence-corrected chi connectivity index (χ3v) is 6.74. The molecule has 2 atom stereocenters. The summed E-state index contributed by atoms with van der Waals surface area (Å²) in [5.74, 6) is -0.340. The molecule has 7 nitrogen and oxygen atoms in total. The quantitative estimate of drug-likeness (QED) is 0.422. The van der Waals surface area contributed by atoms with Crippen LogP contribution >= 0.6 is 0 Å². The fourth-order valence-corrected chi connectivity index (χ4v) is 4.70. The molecule has 0 radical (unpaired) electrons. The minimum atomic E-state index is -0.812. The van der Waals surface area contributed by atoms with Gasteiger partial charge in [0.05, 0.1) is 0 Å². The normalized spacial score (nSPS) is 15.2. The molecule has 2 unspecified atom stereocenters. The standard InChI is InChI=1S/C31H43N3O4/c1-21(2)19-26(33-30(37)38-31(4,5)6)29(36)34(24-16-12-17-24)27(25-18-11-10-13-22(25)3)28(35)32-20-23-14-8-7-9-15-23/h7-11,13-15,18,21,24,26-27H,12,16-17,19-20H2,1-6H3,(H,32,35)(H,33,37). The van der Waals surface area contributed by atoms with Gasteiger partial charge in [-0.3, -0.25) is 9.59 Å². The number of hydrogen-bond donors (Lipinski definition) is 2. The second-order valence-electron chi connectivity index (χ2n) is 11.6. The number of nitrogens with one attached hydrogen (secondary N) is 2. The van der Waals surface area contributed by atoms with Gasteiger partial charge >= 0.3 is 6.09 Å². The first kappa shape index (κ1) is 29.2. The second-order valence-corrected chi connectivity index (χ2v) is 11.6. The molecule has 2 N–H and O–H groups in total. The molecular formula is C31H43N3O4. The number of nitrogens with zero attached hydrogens (tertiary/aromatic N) is 1. The Morgan fingerprint density at radius 3 is 2.18 bits per heavy atom.